The van der Waals surface area contributed by atoms with E-state index < -0.39 is 0 Å². The number of aromatic nitrogens is 2. The molecule has 1 aromatic carbocycles. The fraction of sp³-hybridized carbons (Fsp3) is 0.389. The normalized spacial score (nSPS) is 12.3. The van der Waals surface area contributed by atoms with Gasteiger partial charge in [0.15, 0.2) is 11.5 Å². The summed E-state index contributed by atoms with van der Waals surface area (Å²) >= 11 is 0. The van der Waals surface area contributed by atoms with Crippen LogP contribution in [0.5, 0.6) is 11.5 Å². The monoisotopic (exact) mass is 342 g/mol. The second-order valence-electron chi connectivity index (χ2n) is 6.25. The summed E-state index contributed by atoms with van der Waals surface area (Å²) < 4.78 is 10.6. The number of carbonyl (C=O) groups excluding carboxylic acids is 1. The van der Waals surface area contributed by atoms with Crippen molar-refractivity contribution in [3.05, 3.63) is 41.7 Å². The molecule has 1 amide bonds. The van der Waals surface area contributed by atoms with Gasteiger partial charge in [0.25, 0.3) is 5.91 Å². The van der Waals surface area contributed by atoms with Gasteiger partial charge in [0.05, 0.1) is 0 Å². The smallest absolute Gasteiger partial charge is 0.270 e. The average Bonchev–Trinajstić information content (AvgIpc) is 3.07. The van der Waals surface area contributed by atoms with Crippen LogP contribution in [0.3, 0.4) is 0 Å². The van der Waals surface area contributed by atoms with Crippen molar-refractivity contribution >= 4 is 11.9 Å². The van der Waals surface area contributed by atoms with Gasteiger partial charge >= 0.3 is 0 Å². The Bertz CT molecular complexity index is 749. The Labute approximate surface area is 146 Å². The molecular weight excluding hydrogens is 320 g/mol. The minimum Gasteiger partial charge on any atom is -0.454 e. The van der Waals surface area contributed by atoms with Crippen LogP contribution in [0, 0.1) is 5.92 Å². The second kappa shape index (κ2) is 7.83. The highest BCUT2D eigenvalue weighted by Gasteiger charge is 2.14. The van der Waals surface area contributed by atoms with E-state index in [0.29, 0.717) is 29.9 Å². The quantitative estimate of drug-likeness (QED) is 0.804. The molecule has 0 bridgehead atoms. The summed E-state index contributed by atoms with van der Waals surface area (Å²) in [7, 11) is 0. The van der Waals surface area contributed by atoms with Gasteiger partial charge in [0.1, 0.15) is 5.69 Å². The van der Waals surface area contributed by atoms with Crippen molar-refractivity contribution in [2.45, 2.75) is 26.8 Å². The molecule has 0 fully saturated rings. The summed E-state index contributed by atoms with van der Waals surface area (Å²) in [4.78, 5) is 20.7. The van der Waals surface area contributed by atoms with Crippen molar-refractivity contribution in [2.24, 2.45) is 5.92 Å². The molecule has 1 aliphatic heterocycles. The predicted octanol–water partition coefficient (Wildman–Crippen LogP) is 2.59. The highest BCUT2D eigenvalue weighted by molar-refractivity contribution is 5.92. The van der Waals surface area contributed by atoms with Gasteiger partial charge in [0.2, 0.25) is 12.7 Å². The lowest BCUT2D eigenvalue weighted by Crippen LogP contribution is -2.24. The number of nitrogens with zero attached hydrogens (tertiary/aromatic N) is 2. The molecule has 132 valence electrons. The number of carbonyl (C=O) groups is 1. The Balaban J connectivity index is 1.56. The number of benzene rings is 1. The Morgan fingerprint density at radius 1 is 1.24 bits per heavy atom. The van der Waals surface area contributed by atoms with E-state index in [1.807, 2.05) is 18.2 Å². The molecule has 3 rings (SSSR count). The number of nitrogens with one attached hydrogen (secondary N) is 2. The first kappa shape index (κ1) is 17.0. The van der Waals surface area contributed by atoms with Crippen molar-refractivity contribution in [3.63, 3.8) is 0 Å². The molecule has 2 N–H and O–H groups in total. The molecule has 2 heterocycles. The minimum atomic E-state index is -0.244. The van der Waals surface area contributed by atoms with Crippen LogP contribution in [0.15, 0.2) is 30.5 Å². The number of amides is 1. The lowest BCUT2D eigenvalue weighted by molar-refractivity contribution is 0.0945. The van der Waals surface area contributed by atoms with E-state index in [0.717, 1.165) is 24.3 Å². The second-order valence-corrected chi connectivity index (χ2v) is 6.25. The standard InChI is InChI=1S/C18H22N4O3/c1-12(2)5-7-19-18-20-8-6-14(22-18)17(23)21-10-13-3-4-15-16(9-13)25-11-24-15/h3-4,6,8-9,12H,5,7,10-11H2,1-2H3,(H,21,23)(H,19,20,22). The van der Waals surface area contributed by atoms with Gasteiger partial charge < -0.3 is 20.1 Å². The number of fused-ring (bicyclic) bond motifs is 1. The van der Waals surface area contributed by atoms with Gasteiger partial charge in [-0.1, -0.05) is 19.9 Å². The number of hydrogen-bond donors (Lipinski definition) is 2. The first-order chi connectivity index (χ1) is 12.1. The molecule has 7 nitrogen and oxygen atoms in total. The summed E-state index contributed by atoms with van der Waals surface area (Å²) in [6, 6.07) is 7.20. The lowest BCUT2D eigenvalue weighted by atomic mass is 10.1. The zero-order valence-electron chi connectivity index (χ0n) is 14.4. The summed E-state index contributed by atoms with van der Waals surface area (Å²) in [6.07, 6.45) is 2.60. The summed E-state index contributed by atoms with van der Waals surface area (Å²) in [5, 5.41) is 6.00. The van der Waals surface area contributed by atoms with E-state index in [-0.39, 0.29) is 12.7 Å². The maximum absolute atomic E-state index is 12.3. The largest absolute Gasteiger partial charge is 0.454 e. The highest BCUT2D eigenvalue weighted by Crippen LogP contribution is 2.32. The fourth-order valence-electron chi connectivity index (χ4n) is 2.37. The maximum atomic E-state index is 12.3. The molecule has 1 aliphatic rings. The van der Waals surface area contributed by atoms with Crippen LogP contribution in [0.2, 0.25) is 0 Å². The average molecular weight is 342 g/mol. The first-order valence-corrected chi connectivity index (χ1v) is 8.35. The Kier molecular flexibility index (Phi) is 5.33. The molecule has 0 saturated heterocycles. The zero-order valence-corrected chi connectivity index (χ0v) is 14.4. The zero-order chi connectivity index (χ0) is 17.6. The van der Waals surface area contributed by atoms with E-state index in [9.17, 15) is 4.79 Å². The molecule has 0 atom stereocenters. The Morgan fingerprint density at radius 2 is 2.08 bits per heavy atom. The first-order valence-electron chi connectivity index (χ1n) is 8.35. The molecule has 0 radical (unpaired) electrons. The third-order valence-electron chi connectivity index (χ3n) is 3.78. The van der Waals surface area contributed by atoms with Gasteiger partial charge in [-0.3, -0.25) is 4.79 Å². The van der Waals surface area contributed by atoms with Crippen LogP contribution in [-0.4, -0.2) is 29.2 Å². The van der Waals surface area contributed by atoms with Gasteiger partial charge in [-0.05, 0) is 36.1 Å². The van der Waals surface area contributed by atoms with Crippen LogP contribution in [0.4, 0.5) is 5.95 Å². The molecule has 0 unspecified atom stereocenters. The van der Waals surface area contributed by atoms with E-state index in [2.05, 4.69) is 34.4 Å². The maximum Gasteiger partial charge on any atom is 0.270 e. The molecular formula is C18H22N4O3. The predicted molar refractivity (Wildman–Crippen MR) is 93.7 cm³/mol. The number of hydrogen-bond acceptors (Lipinski definition) is 6. The van der Waals surface area contributed by atoms with Crippen LogP contribution in [0.25, 0.3) is 0 Å². The SMILES string of the molecule is CC(C)CCNc1nccc(C(=O)NCc2ccc3c(c2)OCO3)n1. The molecule has 0 aliphatic carbocycles. The van der Waals surface area contributed by atoms with Crippen molar-refractivity contribution < 1.29 is 14.3 Å². The summed E-state index contributed by atoms with van der Waals surface area (Å²) in [5.41, 5.74) is 1.27. The van der Waals surface area contributed by atoms with E-state index in [1.54, 1.807) is 12.3 Å². The third-order valence-corrected chi connectivity index (χ3v) is 3.78. The summed E-state index contributed by atoms with van der Waals surface area (Å²) in [5.74, 6) is 2.25. The Morgan fingerprint density at radius 3 is 2.92 bits per heavy atom. The van der Waals surface area contributed by atoms with Crippen molar-refractivity contribution in [1.82, 2.24) is 15.3 Å². The topological polar surface area (TPSA) is 85.4 Å². The van der Waals surface area contributed by atoms with Gasteiger partial charge in [-0.25, -0.2) is 9.97 Å². The van der Waals surface area contributed by atoms with Crippen molar-refractivity contribution in [1.29, 1.82) is 0 Å². The summed E-state index contributed by atoms with van der Waals surface area (Å²) in [6.45, 7) is 5.71. The van der Waals surface area contributed by atoms with E-state index in [4.69, 9.17) is 9.47 Å². The highest BCUT2D eigenvalue weighted by atomic mass is 16.7. The fourth-order valence-corrected chi connectivity index (χ4v) is 2.37. The third kappa shape index (κ3) is 4.59. The number of anilines is 1. The number of rotatable bonds is 7. The van der Waals surface area contributed by atoms with Crippen LogP contribution in [-0.2, 0) is 6.54 Å². The van der Waals surface area contributed by atoms with Gasteiger partial charge in [-0.2, -0.15) is 0 Å². The molecule has 1 aromatic heterocycles. The lowest BCUT2D eigenvalue weighted by Gasteiger charge is -2.09. The number of ether oxygens (including phenoxy) is 2. The minimum absolute atomic E-state index is 0.235. The molecule has 0 spiro atoms. The molecule has 0 saturated carbocycles. The molecule has 25 heavy (non-hydrogen) atoms. The van der Waals surface area contributed by atoms with Crippen molar-refractivity contribution in [3.8, 4) is 11.5 Å². The van der Waals surface area contributed by atoms with Crippen LogP contribution >= 0.6 is 0 Å². The van der Waals surface area contributed by atoms with Gasteiger partial charge in [-0.15, -0.1) is 0 Å². The van der Waals surface area contributed by atoms with Crippen molar-refractivity contribution in [2.75, 3.05) is 18.7 Å². The Hall–Kier alpha value is -2.83. The van der Waals surface area contributed by atoms with Crippen LogP contribution < -0.4 is 20.1 Å². The van der Waals surface area contributed by atoms with Gasteiger partial charge in [0, 0.05) is 19.3 Å². The molecule has 2 aromatic rings. The van der Waals surface area contributed by atoms with Crippen LogP contribution in [0.1, 0.15) is 36.3 Å². The van der Waals surface area contributed by atoms with E-state index >= 15 is 0 Å². The van der Waals surface area contributed by atoms with E-state index in [1.165, 1.54) is 0 Å². The molecule has 7 heteroatoms.